The molecular weight excluding hydrogens is 342 g/mol. The minimum Gasteiger partial charge on any atom is -0.481 e. The second-order valence-corrected chi connectivity index (χ2v) is 8.51. The lowest BCUT2D eigenvalue weighted by molar-refractivity contribution is -0.142. The molecule has 6 heteroatoms. The van der Waals surface area contributed by atoms with Gasteiger partial charge in [0.1, 0.15) is 5.25 Å². The molecule has 0 saturated heterocycles. The second kappa shape index (κ2) is 6.61. The Morgan fingerprint density at radius 3 is 2.58 bits per heavy atom. The molecule has 0 radical (unpaired) electrons. The fourth-order valence-corrected chi connectivity index (χ4v) is 4.96. The van der Waals surface area contributed by atoms with Crippen LogP contribution in [0.4, 0.5) is 5.69 Å². The van der Waals surface area contributed by atoms with Crippen molar-refractivity contribution in [3.05, 3.63) is 51.7 Å². The number of hydrogen-bond acceptors (Lipinski definition) is 4. The van der Waals surface area contributed by atoms with E-state index in [0.717, 1.165) is 17.7 Å². The summed E-state index contributed by atoms with van der Waals surface area (Å²) in [5.74, 6) is 0.0598. The molecule has 1 aromatic heterocycles. The monoisotopic (exact) mass is 361 g/mol. The zero-order valence-corrected chi connectivity index (χ0v) is 15.2. The van der Waals surface area contributed by atoms with E-state index < -0.39 is 11.4 Å². The zero-order chi connectivity index (χ0) is 17.3. The van der Waals surface area contributed by atoms with E-state index in [1.54, 1.807) is 61.2 Å². The highest BCUT2D eigenvalue weighted by molar-refractivity contribution is 8.00. The molecule has 1 aromatic carbocycles. The van der Waals surface area contributed by atoms with Crippen molar-refractivity contribution in [1.29, 1.82) is 0 Å². The van der Waals surface area contributed by atoms with Crippen LogP contribution in [0.2, 0.25) is 0 Å². The fourth-order valence-electron chi connectivity index (χ4n) is 2.67. The summed E-state index contributed by atoms with van der Waals surface area (Å²) >= 11 is 3.38. The molecule has 0 bridgehead atoms. The van der Waals surface area contributed by atoms with Crippen molar-refractivity contribution < 1.29 is 14.7 Å². The Bertz CT molecular complexity index is 765. The standard InChI is InChI=1S/C18H19NO3S2/c1-18(2,17(21)22)11-3-5-12(6-4-11)19-16(20)15-13-7-9-23-14(13)8-10-24-15/h3-7,9,15H,8,10H2,1-2H3,(H,19,20)(H,21,22). The Hall–Kier alpha value is -1.79. The number of thioether (sulfide) groups is 1. The van der Waals surface area contributed by atoms with Crippen LogP contribution in [0.1, 0.15) is 35.1 Å². The van der Waals surface area contributed by atoms with Gasteiger partial charge in [0.2, 0.25) is 5.91 Å². The van der Waals surface area contributed by atoms with Crippen LogP contribution >= 0.6 is 23.1 Å². The lowest BCUT2D eigenvalue weighted by atomic mass is 9.85. The average molecular weight is 361 g/mol. The predicted molar refractivity (Wildman–Crippen MR) is 99.0 cm³/mol. The van der Waals surface area contributed by atoms with Crippen LogP contribution < -0.4 is 5.32 Å². The van der Waals surface area contributed by atoms with Crippen molar-refractivity contribution in [2.24, 2.45) is 0 Å². The van der Waals surface area contributed by atoms with Gasteiger partial charge in [-0.2, -0.15) is 0 Å². The number of benzene rings is 1. The highest BCUT2D eigenvalue weighted by Gasteiger charge is 2.30. The van der Waals surface area contributed by atoms with Gasteiger partial charge in [-0.25, -0.2) is 0 Å². The molecule has 24 heavy (non-hydrogen) atoms. The molecule has 0 fully saturated rings. The number of carboxylic acids is 1. The van der Waals surface area contributed by atoms with Crippen LogP contribution in [0.25, 0.3) is 0 Å². The van der Waals surface area contributed by atoms with E-state index in [-0.39, 0.29) is 11.2 Å². The molecule has 1 atom stereocenters. The number of carbonyl (C=O) groups excluding carboxylic acids is 1. The molecule has 0 spiro atoms. The number of anilines is 1. The number of thiophene rings is 1. The first-order chi connectivity index (χ1) is 11.4. The summed E-state index contributed by atoms with van der Waals surface area (Å²) in [6.07, 6.45) is 1.03. The molecule has 4 nitrogen and oxygen atoms in total. The molecule has 2 heterocycles. The van der Waals surface area contributed by atoms with Gasteiger partial charge < -0.3 is 10.4 Å². The first-order valence-corrected chi connectivity index (χ1v) is 9.65. The van der Waals surface area contributed by atoms with Crippen LogP contribution in [0.3, 0.4) is 0 Å². The lowest BCUT2D eigenvalue weighted by Crippen LogP contribution is -2.28. The van der Waals surface area contributed by atoms with Crippen LogP contribution in [0.5, 0.6) is 0 Å². The largest absolute Gasteiger partial charge is 0.481 e. The molecule has 3 rings (SSSR count). The molecule has 1 amide bonds. The van der Waals surface area contributed by atoms with E-state index in [9.17, 15) is 14.7 Å². The summed E-state index contributed by atoms with van der Waals surface area (Å²) in [6.45, 7) is 3.33. The Balaban J connectivity index is 1.73. The Labute approximate surface area is 149 Å². The van der Waals surface area contributed by atoms with Crippen molar-refractivity contribution in [2.45, 2.75) is 30.9 Å². The van der Waals surface area contributed by atoms with Gasteiger partial charge in [0.25, 0.3) is 0 Å². The Morgan fingerprint density at radius 1 is 1.21 bits per heavy atom. The lowest BCUT2D eigenvalue weighted by Gasteiger charge is -2.22. The molecule has 126 valence electrons. The summed E-state index contributed by atoms with van der Waals surface area (Å²) < 4.78 is 0. The summed E-state index contributed by atoms with van der Waals surface area (Å²) in [5, 5.41) is 14.1. The van der Waals surface area contributed by atoms with Crippen LogP contribution in [-0.4, -0.2) is 22.7 Å². The third kappa shape index (κ3) is 3.21. The van der Waals surface area contributed by atoms with E-state index in [1.165, 1.54) is 4.88 Å². The third-order valence-electron chi connectivity index (χ3n) is 4.32. The van der Waals surface area contributed by atoms with Gasteiger partial charge in [-0.1, -0.05) is 12.1 Å². The van der Waals surface area contributed by atoms with Crippen molar-refractivity contribution in [2.75, 3.05) is 11.1 Å². The molecule has 1 unspecified atom stereocenters. The molecule has 1 aliphatic rings. The Morgan fingerprint density at radius 2 is 1.92 bits per heavy atom. The summed E-state index contributed by atoms with van der Waals surface area (Å²) in [6, 6.07) is 9.08. The predicted octanol–water partition coefficient (Wildman–Crippen LogP) is 4.08. The fraction of sp³-hybridized carbons (Fsp3) is 0.333. The van der Waals surface area contributed by atoms with E-state index in [1.807, 2.05) is 11.4 Å². The maximum Gasteiger partial charge on any atom is 0.313 e. The minimum atomic E-state index is -0.951. The highest BCUT2D eigenvalue weighted by atomic mass is 32.2. The van der Waals surface area contributed by atoms with Gasteiger partial charge in [-0.15, -0.1) is 23.1 Å². The average Bonchev–Trinajstić information content (AvgIpc) is 3.03. The summed E-state index contributed by atoms with van der Waals surface area (Å²) in [7, 11) is 0. The molecular formula is C18H19NO3S2. The number of aliphatic carboxylic acids is 1. The van der Waals surface area contributed by atoms with E-state index >= 15 is 0 Å². The number of rotatable bonds is 4. The number of aryl methyl sites for hydroxylation is 1. The van der Waals surface area contributed by atoms with Gasteiger partial charge >= 0.3 is 5.97 Å². The first-order valence-electron chi connectivity index (χ1n) is 7.72. The second-order valence-electron chi connectivity index (χ2n) is 6.30. The maximum absolute atomic E-state index is 12.6. The first kappa shape index (κ1) is 17.0. The van der Waals surface area contributed by atoms with Crippen LogP contribution in [-0.2, 0) is 21.4 Å². The normalized spacial score (nSPS) is 17.2. The molecule has 1 aliphatic heterocycles. The van der Waals surface area contributed by atoms with Crippen LogP contribution in [0.15, 0.2) is 35.7 Å². The minimum absolute atomic E-state index is 0.0235. The van der Waals surface area contributed by atoms with Crippen molar-refractivity contribution in [3.8, 4) is 0 Å². The summed E-state index contributed by atoms with van der Waals surface area (Å²) in [5.41, 5.74) is 1.57. The molecule has 2 aromatic rings. The number of amides is 1. The third-order valence-corrected chi connectivity index (χ3v) is 6.56. The molecule has 0 aliphatic carbocycles. The van der Waals surface area contributed by atoms with Gasteiger partial charge in [-0.05, 0) is 60.7 Å². The van der Waals surface area contributed by atoms with E-state index in [0.29, 0.717) is 11.3 Å². The number of fused-ring (bicyclic) bond motifs is 1. The number of carbonyl (C=O) groups is 2. The Kier molecular flexibility index (Phi) is 4.69. The highest BCUT2D eigenvalue weighted by Crippen LogP contribution is 2.40. The van der Waals surface area contributed by atoms with Gasteiger partial charge in [0.05, 0.1) is 5.41 Å². The maximum atomic E-state index is 12.6. The quantitative estimate of drug-likeness (QED) is 0.861. The van der Waals surface area contributed by atoms with Crippen LogP contribution in [0, 0.1) is 0 Å². The smallest absolute Gasteiger partial charge is 0.313 e. The topological polar surface area (TPSA) is 66.4 Å². The SMILES string of the molecule is CC(C)(C(=O)O)c1ccc(NC(=O)C2SCCc3sccc32)cc1. The van der Waals surface area contributed by atoms with Gasteiger partial charge in [-0.3, -0.25) is 9.59 Å². The van der Waals surface area contributed by atoms with Gasteiger partial charge in [0, 0.05) is 10.6 Å². The van der Waals surface area contributed by atoms with E-state index in [2.05, 4.69) is 5.32 Å². The van der Waals surface area contributed by atoms with Crippen molar-refractivity contribution in [1.82, 2.24) is 0 Å². The molecule has 0 saturated carbocycles. The number of carboxylic acid groups (broad SMARTS) is 1. The van der Waals surface area contributed by atoms with Gasteiger partial charge in [0.15, 0.2) is 0 Å². The van der Waals surface area contributed by atoms with Crippen molar-refractivity contribution >= 4 is 40.7 Å². The number of nitrogens with one attached hydrogen (secondary N) is 1. The summed E-state index contributed by atoms with van der Waals surface area (Å²) in [4.78, 5) is 25.2. The zero-order valence-electron chi connectivity index (χ0n) is 13.5. The van der Waals surface area contributed by atoms with Crippen molar-refractivity contribution in [3.63, 3.8) is 0 Å². The number of hydrogen-bond donors (Lipinski definition) is 2. The van der Waals surface area contributed by atoms with E-state index in [4.69, 9.17) is 0 Å². The molecule has 2 N–H and O–H groups in total.